The predicted octanol–water partition coefficient (Wildman–Crippen LogP) is 6.11. The van der Waals surface area contributed by atoms with E-state index < -0.39 is 0 Å². The van der Waals surface area contributed by atoms with Crippen LogP contribution in [-0.4, -0.2) is 35.6 Å². The summed E-state index contributed by atoms with van der Waals surface area (Å²) in [4.78, 5) is 15.9. The number of carbonyl (C=O) groups excluding carboxylic acids is 1. The van der Waals surface area contributed by atoms with Crippen LogP contribution in [0.25, 0.3) is 11.0 Å². The molecule has 2 N–H and O–H groups in total. The van der Waals surface area contributed by atoms with Crippen LogP contribution in [0.3, 0.4) is 0 Å². The van der Waals surface area contributed by atoms with Gasteiger partial charge in [-0.25, -0.2) is 0 Å². The fourth-order valence-electron chi connectivity index (χ4n) is 6.63. The van der Waals surface area contributed by atoms with Crippen molar-refractivity contribution in [2.75, 3.05) is 19.0 Å². The molecule has 1 aromatic heterocycles. The van der Waals surface area contributed by atoms with Crippen molar-refractivity contribution < 1.29 is 19.1 Å². The maximum atomic E-state index is 13.4. The van der Waals surface area contributed by atoms with Crippen LogP contribution >= 0.6 is 0 Å². The number of benzene rings is 2. The topological polar surface area (TPSA) is 74.9 Å². The van der Waals surface area contributed by atoms with Crippen molar-refractivity contribution in [1.82, 2.24) is 4.90 Å². The zero-order valence-corrected chi connectivity index (χ0v) is 20.7. The number of carbonyl (C=O) groups is 1. The van der Waals surface area contributed by atoms with Crippen molar-refractivity contribution >= 4 is 22.6 Å². The SMILES string of the molecule is COc1ccc(NC(=O)c2c(C)oc3ccc(O)c(CN4C[C@@]5(C)C[C@@H]4CC(C)(C)C5)c23)cc1. The summed E-state index contributed by atoms with van der Waals surface area (Å²) in [5.41, 5.74) is 3.14. The van der Waals surface area contributed by atoms with Gasteiger partial charge in [0.25, 0.3) is 5.91 Å². The first-order chi connectivity index (χ1) is 16.1. The molecule has 1 saturated heterocycles. The number of aromatic hydroxyl groups is 1. The second kappa shape index (κ2) is 8.05. The second-order valence-electron chi connectivity index (χ2n) is 11.3. The Labute approximate surface area is 200 Å². The molecule has 6 nitrogen and oxygen atoms in total. The van der Waals surface area contributed by atoms with Gasteiger partial charge in [0.2, 0.25) is 0 Å². The Kier molecular flexibility index (Phi) is 5.40. The van der Waals surface area contributed by atoms with E-state index in [0.717, 1.165) is 24.3 Å². The number of nitrogens with one attached hydrogen (secondary N) is 1. The molecule has 2 bridgehead atoms. The molecule has 180 valence electrons. The first-order valence-corrected chi connectivity index (χ1v) is 12.0. The van der Waals surface area contributed by atoms with Crippen LogP contribution in [0.4, 0.5) is 5.69 Å². The third kappa shape index (κ3) is 4.05. The van der Waals surface area contributed by atoms with E-state index in [9.17, 15) is 9.90 Å². The number of likely N-dealkylation sites (tertiary alicyclic amines) is 1. The highest BCUT2D eigenvalue weighted by atomic mass is 16.5. The van der Waals surface area contributed by atoms with Crippen molar-refractivity contribution in [3.05, 3.63) is 53.3 Å². The highest BCUT2D eigenvalue weighted by Gasteiger charge is 2.49. The lowest BCUT2D eigenvalue weighted by molar-refractivity contribution is 0.102. The van der Waals surface area contributed by atoms with Gasteiger partial charge >= 0.3 is 0 Å². The van der Waals surface area contributed by atoms with E-state index in [1.165, 1.54) is 12.8 Å². The molecule has 2 atom stereocenters. The molecule has 5 rings (SSSR count). The van der Waals surface area contributed by atoms with Gasteiger partial charge in [-0.05, 0) is 73.4 Å². The summed E-state index contributed by atoms with van der Waals surface area (Å²) in [6.45, 7) is 10.5. The number of amides is 1. The first kappa shape index (κ1) is 22.8. The Bertz CT molecular complexity index is 1240. The molecule has 1 saturated carbocycles. The number of methoxy groups -OCH3 is 1. The molecule has 0 spiro atoms. The normalized spacial score (nSPS) is 23.9. The maximum absolute atomic E-state index is 13.4. The molecule has 2 fully saturated rings. The lowest BCUT2D eigenvalue weighted by Crippen LogP contribution is -2.34. The molecule has 1 aliphatic heterocycles. The number of phenolic OH excluding ortho intramolecular Hbond substituents is 1. The van der Waals surface area contributed by atoms with Gasteiger partial charge in [-0.2, -0.15) is 0 Å². The minimum atomic E-state index is -0.249. The Morgan fingerprint density at radius 3 is 2.62 bits per heavy atom. The molecular formula is C28H34N2O4. The molecule has 2 aliphatic rings. The molecule has 2 aromatic carbocycles. The summed E-state index contributed by atoms with van der Waals surface area (Å²) in [6, 6.07) is 11.1. The summed E-state index contributed by atoms with van der Waals surface area (Å²) >= 11 is 0. The van der Waals surface area contributed by atoms with Gasteiger partial charge in [0, 0.05) is 35.8 Å². The Balaban J connectivity index is 1.49. The number of aryl methyl sites for hydroxylation is 1. The van der Waals surface area contributed by atoms with Crippen LogP contribution in [0.1, 0.15) is 61.7 Å². The van der Waals surface area contributed by atoms with E-state index in [4.69, 9.17) is 9.15 Å². The lowest BCUT2D eigenvalue weighted by atomic mass is 9.65. The number of furan rings is 1. The Morgan fingerprint density at radius 2 is 1.91 bits per heavy atom. The molecule has 0 radical (unpaired) electrons. The molecule has 1 amide bonds. The molecular weight excluding hydrogens is 428 g/mol. The number of hydrogen-bond acceptors (Lipinski definition) is 5. The van der Waals surface area contributed by atoms with Crippen molar-refractivity contribution in [2.45, 2.75) is 59.5 Å². The van der Waals surface area contributed by atoms with E-state index in [1.54, 1.807) is 50.4 Å². The number of phenols is 1. The number of anilines is 1. The molecule has 0 unspecified atom stereocenters. The van der Waals surface area contributed by atoms with E-state index in [2.05, 4.69) is 31.0 Å². The Morgan fingerprint density at radius 1 is 1.18 bits per heavy atom. The fourth-order valence-corrected chi connectivity index (χ4v) is 6.63. The van der Waals surface area contributed by atoms with E-state index >= 15 is 0 Å². The third-order valence-electron chi connectivity index (χ3n) is 7.57. The Hall–Kier alpha value is -2.99. The summed E-state index contributed by atoms with van der Waals surface area (Å²) < 4.78 is 11.2. The number of nitrogens with zero attached hydrogens (tertiary/aromatic N) is 1. The summed E-state index contributed by atoms with van der Waals surface area (Å²) in [5, 5.41) is 14.6. The molecule has 34 heavy (non-hydrogen) atoms. The van der Waals surface area contributed by atoms with E-state index in [-0.39, 0.29) is 17.1 Å². The van der Waals surface area contributed by atoms with Crippen LogP contribution in [0.2, 0.25) is 0 Å². The quantitative estimate of drug-likeness (QED) is 0.479. The van der Waals surface area contributed by atoms with Crippen LogP contribution in [0.5, 0.6) is 11.5 Å². The standard InChI is InChI=1S/C28H34N2O4/c1-17-24(26(32)29-18-6-8-20(33-5)9-7-18)25-21(22(31)10-11-23(25)34-17)14-30-16-28(4)13-19(30)12-27(2,3)15-28/h6-11,19,31H,12-16H2,1-5H3,(H,29,32)/t19-,28-/m0/s1. The number of ether oxygens (including phenoxy) is 1. The average Bonchev–Trinajstić information content (AvgIpc) is 3.22. The van der Waals surface area contributed by atoms with Gasteiger partial charge < -0.3 is 19.6 Å². The molecule has 2 heterocycles. The first-order valence-electron chi connectivity index (χ1n) is 12.0. The maximum Gasteiger partial charge on any atom is 0.259 e. The lowest BCUT2D eigenvalue weighted by Gasteiger charge is -2.40. The summed E-state index contributed by atoms with van der Waals surface area (Å²) in [5.74, 6) is 1.23. The summed E-state index contributed by atoms with van der Waals surface area (Å²) in [6.07, 6.45) is 3.54. The van der Waals surface area contributed by atoms with Crippen LogP contribution in [-0.2, 0) is 6.54 Å². The highest BCUT2D eigenvalue weighted by Crippen LogP contribution is 2.53. The number of hydrogen-bond donors (Lipinski definition) is 2. The number of fused-ring (bicyclic) bond motifs is 3. The van der Waals surface area contributed by atoms with Crippen molar-refractivity contribution in [3.63, 3.8) is 0 Å². The van der Waals surface area contributed by atoms with E-state index in [0.29, 0.717) is 46.0 Å². The van der Waals surface area contributed by atoms with E-state index in [1.807, 2.05) is 0 Å². The zero-order chi connectivity index (χ0) is 24.3. The minimum absolute atomic E-state index is 0.206. The largest absolute Gasteiger partial charge is 0.508 e. The highest BCUT2D eigenvalue weighted by molar-refractivity contribution is 6.14. The zero-order valence-electron chi connectivity index (χ0n) is 20.7. The number of rotatable bonds is 5. The van der Waals surface area contributed by atoms with Gasteiger partial charge in [0.05, 0.1) is 12.7 Å². The van der Waals surface area contributed by atoms with Gasteiger partial charge in [-0.1, -0.05) is 20.8 Å². The second-order valence-corrected chi connectivity index (χ2v) is 11.3. The van der Waals surface area contributed by atoms with Crippen molar-refractivity contribution in [2.24, 2.45) is 10.8 Å². The van der Waals surface area contributed by atoms with Gasteiger partial charge in [-0.3, -0.25) is 9.69 Å². The minimum Gasteiger partial charge on any atom is -0.508 e. The predicted molar refractivity (Wildman–Crippen MR) is 133 cm³/mol. The monoisotopic (exact) mass is 462 g/mol. The molecule has 3 aromatic rings. The smallest absolute Gasteiger partial charge is 0.259 e. The van der Waals surface area contributed by atoms with Crippen LogP contribution < -0.4 is 10.1 Å². The summed E-state index contributed by atoms with van der Waals surface area (Å²) in [7, 11) is 1.61. The van der Waals surface area contributed by atoms with Gasteiger partial charge in [-0.15, -0.1) is 0 Å². The third-order valence-corrected chi connectivity index (χ3v) is 7.57. The molecule has 1 aliphatic carbocycles. The van der Waals surface area contributed by atoms with Crippen LogP contribution in [0.15, 0.2) is 40.8 Å². The average molecular weight is 463 g/mol. The van der Waals surface area contributed by atoms with Crippen molar-refractivity contribution in [3.8, 4) is 11.5 Å². The van der Waals surface area contributed by atoms with Gasteiger partial charge in [0.1, 0.15) is 22.8 Å². The van der Waals surface area contributed by atoms with Gasteiger partial charge in [0.15, 0.2) is 0 Å². The van der Waals surface area contributed by atoms with Crippen LogP contribution in [0, 0.1) is 17.8 Å². The van der Waals surface area contributed by atoms with Crippen molar-refractivity contribution in [1.29, 1.82) is 0 Å². The fraction of sp³-hybridized carbons (Fsp3) is 0.464. The molecule has 6 heteroatoms.